The predicted octanol–water partition coefficient (Wildman–Crippen LogP) is 4.98. The number of aryl methyl sites for hydroxylation is 1. The molecule has 0 unspecified atom stereocenters. The topological polar surface area (TPSA) is 36.3 Å². The van der Waals surface area contributed by atoms with Crippen molar-refractivity contribution in [2.45, 2.75) is 20.1 Å². The quantitative estimate of drug-likeness (QED) is 0.488. The van der Waals surface area contributed by atoms with Crippen LogP contribution in [-0.2, 0) is 13.2 Å². The number of ether oxygens (including phenoxy) is 2. The van der Waals surface area contributed by atoms with Crippen molar-refractivity contribution in [3.63, 3.8) is 0 Å². The van der Waals surface area contributed by atoms with Gasteiger partial charge in [-0.15, -0.1) is 0 Å². The highest BCUT2D eigenvalue weighted by Gasteiger charge is 2.12. The van der Waals surface area contributed by atoms with E-state index in [0.717, 1.165) is 34.9 Å². The van der Waals surface area contributed by atoms with Crippen molar-refractivity contribution in [1.29, 1.82) is 0 Å². The molecule has 4 aromatic rings. The molecule has 3 aromatic carbocycles. The molecule has 4 nitrogen and oxygen atoms in total. The van der Waals surface area contributed by atoms with E-state index >= 15 is 0 Å². The van der Waals surface area contributed by atoms with Crippen LogP contribution in [0.2, 0.25) is 0 Å². The first-order chi connectivity index (χ1) is 13.2. The number of hydrogen-bond acceptors (Lipinski definition) is 3. The number of benzene rings is 3. The Labute approximate surface area is 159 Å². The zero-order chi connectivity index (χ0) is 18.6. The van der Waals surface area contributed by atoms with Crippen LogP contribution in [0.3, 0.4) is 0 Å². The zero-order valence-corrected chi connectivity index (χ0v) is 15.6. The Kier molecular flexibility index (Phi) is 4.79. The van der Waals surface area contributed by atoms with Crippen LogP contribution in [0, 0.1) is 6.92 Å². The molecular weight excluding hydrogens is 336 g/mol. The van der Waals surface area contributed by atoms with E-state index in [2.05, 4.69) is 35.8 Å². The average Bonchev–Trinajstić information content (AvgIpc) is 3.05. The second kappa shape index (κ2) is 7.54. The third kappa shape index (κ3) is 3.80. The fraction of sp³-hybridized carbons (Fsp3) is 0.174. The summed E-state index contributed by atoms with van der Waals surface area (Å²) in [7, 11) is 1.68. The van der Waals surface area contributed by atoms with Gasteiger partial charge in [-0.2, -0.15) is 0 Å². The summed E-state index contributed by atoms with van der Waals surface area (Å²) < 4.78 is 13.5. The molecule has 0 aliphatic heterocycles. The normalized spacial score (nSPS) is 10.9. The Bertz CT molecular complexity index is 1050. The number of aromatic nitrogens is 2. The number of methoxy groups -OCH3 is 1. The van der Waals surface area contributed by atoms with E-state index in [1.54, 1.807) is 7.11 Å². The van der Waals surface area contributed by atoms with Gasteiger partial charge in [-0.3, -0.25) is 0 Å². The molecule has 0 spiro atoms. The number of fused-ring (bicyclic) bond motifs is 1. The second-order valence-electron chi connectivity index (χ2n) is 6.56. The van der Waals surface area contributed by atoms with E-state index in [1.807, 2.05) is 48.5 Å². The van der Waals surface area contributed by atoms with Gasteiger partial charge >= 0.3 is 0 Å². The largest absolute Gasteiger partial charge is 0.497 e. The predicted molar refractivity (Wildman–Crippen MR) is 107 cm³/mol. The standard InChI is InChI=1S/C23H22N2O2/c1-17-6-5-7-20(14-17)27-16-23-24-21-8-3-4-9-22(21)25(23)15-18-10-12-19(26-2)13-11-18/h3-14H,15-16H2,1-2H3. The van der Waals surface area contributed by atoms with Gasteiger partial charge in [0, 0.05) is 6.54 Å². The molecule has 1 heterocycles. The number of imidazole rings is 1. The van der Waals surface area contributed by atoms with Crippen molar-refractivity contribution < 1.29 is 9.47 Å². The van der Waals surface area contributed by atoms with Gasteiger partial charge in [-0.25, -0.2) is 4.98 Å². The maximum absolute atomic E-state index is 6.01. The Balaban J connectivity index is 1.64. The lowest BCUT2D eigenvalue weighted by atomic mass is 10.2. The molecule has 0 bridgehead atoms. The van der Waals surface area contributed by atoms with Crippen molar-refractivity contribution in [2.24, 2.45) is 0 Å². The van der Waals surface area contributed by atoms with Crippen molar-refractivity contribution in [2.75, 3.05) is 7.11 Å². The van der Waals surface area contributed by atoms with E-state index in [4.69, 9.17) is 14.5 Å². The number of rotatable bonds is 6. The van der Waals surface area contributed by atoms with Crippen LogP contribution >= 0.6 is 0 Å². The minimum Gasteiger partial charge on any atom is -0.497 e. The van der Waals surface area contributed by atoms with E-state index in [0.29, 0.717) is 6.61 Å². The minimum atomic E-state index is 0.425. The first kappa shape index (κ1) is 17.2. The summed E-state index contributed by atoms with van der Waals surface area (Å²) in [5.41, 5.74) is 4.46. The summed E-state index contributed by atoms with van der Waals surface area (Å²) in [6.45, 7) is 3.22. The van der Waals surface area contributed by atoms with Crippen LogP contribution in [0.4, 0.5) is 0 Å². The molecular formula is C23H22N2O2. The van der Waals surface area contributed by atoms with Crippen molar-refractivity contribution in [3.05, 3.63) is 89.7 Å². The van der Waals surface area contributed by atoms with Gasteiger partial charge < -0.3 is 14.0 Å². The highest BCUT2D eigenvalue weighted by Crippen LogP contribution is 2.21. The molecule has 0 fully saturated rings. The lowest BCUT2D eigenvalue weighted by Crippen LogP contribution is -2.08. The Hall–Kier alpha value is -3.27. The number of nitrogens with zero attached hydrogens (tertiary/aromatic N) is 2. The van der Waals surface area contributed by atoms with Crippen molar-refractivity contribution >= 4 is 11.0 Å². The maximum Gasteiger partial charge on any atom is 0.148 e. The van der Waals surface area contributed by atoms with Crippen molar-refractivity contribution in [1.82, 2.24) is 9.55 Å². The molecule has 1 aromatic heterocycles. The molecule has 0 N–H and O–H groups in total. The van der Waals surface area contributed by atoms with E-state index in [1.165, 1.54) is 11.1 Å². The highest BCUT2D eigenvalue weighted by atomic mass is 16.5. The summed E-state index contributed by atoms with van der Waals surface area (Å²) in [5.74, 6) is 2.63. The molecule has 0 atom stereocenters. The summed E-state index contributed by atoms with van der Waals surface area (Å²) in [6, 6.07) is 24.4. The fourth-order valence-electron chi connectivity index (χ4n) is 3.18. The third-order valence-corrected chi connectivity index (χ3v) is 4.59. The summed E-state index contributed by atoms with van der Waals surface area (Å²) >= 11 is 0. The first-order valence-electron chi connectivity index (χ1n) is 8.99. The lowest BCUT2D eigenvalue weighted by molar-refractivity contribution is 0.291. The number of para-hydroxylation sites is 2. The van der Waals surface area contributed by atoms with Gasteiger partial charge in [0.2, 0.25) is 0 Å². The van der Waals surface area contributed by atoms with Gasteiger partial charge in [0.1, 0.15) is 23.9 Å². The minimum absolute atomic E-state index is 0.425. The molecule has 27 heavy (non-hydrogen) atoms. The van der Waals surface area contributed by atoms with Gasteiger partial charge in [-0.05, 0) is 54.4 Å². The monoisotopic (exact) mass is 358 g/mol. The summed E-state index contributed by atoms with van der Waals surface area (Å²) in [6.07, 6.45) is 0. The molecule has 0 saturated carbocycles. The van der Waals surface area contributed by atoms with E-state index in [9.17, 15) is 0 Å². The van der Waals surface area contributed by atoms with Gasteiger partial charge in [0.15, 0.2) is 0 Å². The van der Waals surface area contributed by atoms with Gasteiger partial charge in [0.25, 0.3) is 0 Å². The Morgan fingerprint density at radius 1 is 0.889 bits per heavy atom. The van der Waals surface area contributed by atoms with Crippen molar-refractivity contribution in [3.8, 4) is 11.5 Å². The van der Waals surface area contributed by atoms with Crippen LogP contribution in [0.15, 0.2) is 72.8 Å². The van der Waals surface area contributed by atoms with Crippen LogP contribution < -0.4 is 9.47 Å². The molecule has 0 saturated heterocycles. The molecule has 0 amide bonds. The molecule has 0 aliphatic carbocycles. The highest BCUT2D eigenvalue weighted by molar-refractivity contribution is 5.76. The zero-order valence-electron chi connectivity index (χ0n) is 15.6. The molecule has 0 radical (unpaired) electrons. The van der Waals surface area contributed by atoms with Gasteiger partial charge in [0.05, 0.1) is 18.1 Å². The SMILES string of the molecule is COc1ccc(Cn2c(COc3cccc(C)c3)nc3ccccc32)cc1. The molecule has 4 rings (SSSR count). The Morgan fingerprint density at radius 2 is 1.70 bits per heavy atom. The van der Waals surface area contributed by atoms with Crippen LogP contribution in [0.1, 0.15) is 17.0 Å². The molecule has 4 heteroatoms. The van der Waals surface area contributed by atoms with Crippen LogP contribution in [0.25, 0.3) is 11.0 Å². The average molecular weight is 358 g/mol. The van der Waals surface area contributed by atoms with E-state index < -0.39 is 0 Å². The Morgan fingerprint density at radius 3 is 2.48 bits per heavy atom. The maximum atomic E-state index is 6.01. The molecule has 0 aliphatic rings. The van der Waals surface area contributed by atoms with E-state index in [-0.39, 0.29) is 0 Å². The fourth-order valence-corrected chi connectivity index (χ4v) is 3.18. The van der Waals surface area contributed by atoms with Crippen LogP contribution in [0.5, 0.6) is 11.5 Å². The number of hydrogen-bond donors (Lipinski definition) is 0. The first-order valence-corrected chi connectivity index (χ1v) is 8.99. The summed E-state index contributed by atoms with van der Waals surface area (Å²) in [5, 5.41) is 0. The smallest absolute Gasteiger partial charge is 0.148 e. The third-order valence-electron chi connectivity index (χ3n) is 4.59. The lowest BCUT2D eigenvalue weighted by Gasteiger charge is -2.11. The van der Waals surface area contributed by atoms with Gasteiger partial charge in [-0.1, -0.05) is 36.4 Å². The molecule has 136 valence electrons. The second-order valence-corrected chi connectivity index (χ2v) is 6.56. The van der Waals surface area contributed by atoms with Crippen LogP contribution in [-0.4, -0.2) is 16.7 Å². The summed E-state index contributed by atoms with van der Waals surface area (Å²) in [4.78, 5) is 4.79.